The van der Waals surface area contributed by atoms with Crippen molar-refractivity contribution >= 4 is 11.6 Å². The lowest BCUT2D eigenvalue weighted by Crippen LogP contribution is -2.38. The highest BCUT2D eigenvalue weighted by atomic mass is 19.1. The Morgan fingerprint density at radius 2 is 1.70 bits per heavy atom. The molecule has 5 heteroatoms. The topological polar surface area (TPSA) is 32.3 Å². The zero-order chi connectivity index (χ0) is 20.9. The van der Waals surface area contributed by atoms with Crippen LogP contribution in [0.25, 0.3) is 0 Å². The van der Waals surface area contributed by atoms with E-state index >= 15 is 0 Å². The van der Waals surface area contributed by atoms with Crippen LogP contribution in [0, 0.1) is 11.6 Å². The summed E-state index contributed by atoms with van der Waals surface area (Å²) in [5, 5.41) is 3.19. The van der Waals surface area contributed by atoms with Crippen LogP contribution in [-0.2, 0) is 11.3 Å². The minimum Gasteiger partial charge on any atom is -0.311 e. The molecule has 4 rings (SSSR count). The Bertz CT molecular complexity index is 1010. The van der Waals surface area contributed by atoms with Crippen LogP contribution in [0.4, 0.5) is 14.5 Å². The molecule has 1 aliphatic heterocycles. The average molecular weight is 406 g/mol. The molecule has 3 nitrogen and oxygen atoms in total. The van der Waals surface area contributed by atoms with Crippen LogP contribution in [0.1, 0.15) is 35.4 Å². The fourth-order valence-corrected chi connectivity index (χ4v) is 4.08. The molecule has 0 aliphatic carbocycles. The molecule has 1 N–H and O–H groups in total. The lowest BCUT2D eigenvalue weighted by molar-refractivity contribution is -0.117. The van der Waals surface area contributed by atoms with Gasteiger partial charge in [0, 0.05) is 19.0 Å². The molecule has 1 amide bonds. The maximum Gasteiger partial charge on any atom is 0.240 e. The maximum atomic E-state index is 14.1. The van der Waals surface area contributed by atoms with E-state index in [1.165, 1.54) is 24.3 Å². The third-order valence-corrected chi connectivity index (χ3v) is 5.55. The van der Waals surface area contributed by atoms with Gasteiger partial charge in [-0.1, -0.05) is 48.5 Å². The normalized spacial score (nSPS) is 16.1. The van der Waals surface area contributed by atoms with Crippen LogP contribution < -0.4 is 10.2 Å². The molecule has 0 saturated heterocycles. The first-order chi connectivity index (χ1) is 14.6. The lowest BCUT2D eigenvalue weighted by Gasteiger charge is -2.24. The van der Waals surface area contributed by atoms with Crippen molar-refractivity contribution in [3.63, 3.8) is 0 Å². The molecule has 1 heterocycles. The molecule has 3 aromatic carbocycles. The quantitative estimate of drug-likeness (QED) is 0.646. The summed E-state index contributed by atoms with van der Waals surface area (Å²) in [6.45, 7) is 1.29. The summed E-state index contributed by atoms with van der Waals surface area (Å²) >= 11 is 0. The van der Waals surface area contributed by atoms with Gasteiger partial charge < -0.3 is 10.2 Å². The number of amides is 1. The highest BCUT2D eigenvalue weighted by Crippen LogP contribution is 2.39. The SMILES string of the molecule is O=C(CNCc1ccccc1)N1CCCC(c2ccc(F)cc2)c2ccc(F)cc21. The number of benzene rings is 3. The van der Waals surface area contributed by atoms with Crippen LogP contribution in [-0.4, -0.2) is 19.0 Å². The van der Waals surface area contributed by atoms with Gasteiger partial charge in [0.1, 0.15) is 11.6 Å². The lowest BCUT2D eigenvalue weighted by atomic mass is 9.87. The number of nitrogens with one attached hydrogen (secondary N) is 1. The van der Waals surface area contributed by atoms with E-state index in [-0.39, 0.29) is 30.0 Å². The second-order valence-electron chi connectivity index (χ2n) is 7.58. The minimum absolute atomic E-state index is 0.00345. The summed E-state index contributed by atoms with van der Waals surface area (Å²) in [5.41, 5.74) is 3.58. The molecule has 0 bridgehead atoms. The van der Waals surface area contributed by atoms with E-state index in [2.05, 4.69) is 5.32 Å². The first kappa shape index (κ1) is 20.2. The van der Waals surface area contributed by atoms with E-state index in [0.717, 1.165) is 29.5 Å². The monoisotopic (exact) mass is 406 g/mol. The van der Waals surface area contributed by atoms with E-state index in [9.17, 15) is 13.6 Å². The Morgan fingerprint density at radius 1 is 0.967 bits per heavy atom. The number of anilines is 1. The van der Waals surface area contributed by atoms with Gasteiger partial charge in [0.05, 0.1) is 12.2 Å². The predicted octanol–water partition coefficient (Wildman–Crippen LogP) is 5.01. The molecule has 154 valence electrons. The first-order valence-electron chi connectivity index (χ1n) is 10.2. The van der Waals surface area contributed by atoms with Crippen molar-refractivity contribution in [2.45, 2.75) is 25.3 Å². The zero-order valence-electron chi connectivity index (χ0n) is 16.7. The van der Waals surface area contributed by atoms with Gasteiger partial charge in [0.25, 0.3) is 0 Å². The number of halogens is 2. The molecule has 1 unspecified atom stereocenters. The van der Waals surface area contributed by atoms with Crippen LogP contribution in [0.2, 0.25) is 0 Å². The van der Waals surface area contributed by atoms with Gasteiger partial charge in [0.15, 0.2) is 0 Å². The van der Waals surface area contributed by atoms with E-state index in [0.29, 0.717) is 18.8 Å². The number of carbonyl (C=O) groups excluding carboxylic acids is 1. The van der Waals surface area contributed by atoms with Crippen LogP contribution >= 0.6 is 0 Å². The zero-order valence-corrected chi connectivity index (χ0v) is 16.7. The van der Waals surface area contributed by atoms with Crippen molar-refractivity contribution in [2.75, 3.05) is 18.0 Å². The van der Waals surface area contributed by atoms with Crippen molar-refractivity contribution in [1.82, 2.24) is 5.32 Å². The second kappa shape index (κ2) is 9.18. The van der Waals surface area contributed by atoms with Gasteiger partial charge in [-0.15, -0.1) is 0 Å². The predicted molar refractivity (Wildman–Crippen MR) is 114 cm³/mol. The third kappa shape index (κ3) is 4.57. The van der Waals surface area contributed by atoms with Crippen molar-refractivity contribution in [2.24, 2.45) is 0 Å². The number of hydrogen-bond donors (Lipinski definition) is 1. The van der Waals surface area contributed by atoms with Gasteiger partial charge in [-0.3, -0.25) is 4.79 Å². The number of fused-ring (bicyclic) bond motifs is 1. The van der Waals surface area contributed by atoms with E-state index in [1.54, 1.807) is 23.1 Å². The summed E-state index contributed by atoms with van der Waals surface area (Å²) < 4.78 is 27.5. The number of nitrogens with zero attached hydrogens (tertiary/aromatic N) is 1. The van der Waals surface area contributed by atoms with Crippen molar-refractivity contribution in [3.8, 4) is 0 Å². The van der Waals surface area contributed by atoms with E-state index < -0.39 is 0 Å². The molecule has 3 aromatic rings. The van der Waals surface area contributed by atoms with Crippen LogP contribution in [0.5, 0.6) is 0 Å². The molecule has 0 fully saturated rings. The highest BCUT2D eigenvalue weighted by Gasteiger charge is 2.27. The molecule has 0 spiro atoms. The fourth-order valence-electron chi connectivity index (χ4n) is 4.08. The Morgan fingerprint density at radius 3 is 2.47 bits per heavy atom. The van der Waals surface area contributed by atoms with Gasteiger partial charge in [-0.25, -0.2) is 8.78 Å². The summed E-state index contributed by atoms with van der Waals surface area (Å²) in [6.07, 6.45) is 1.59. The van der Waals surface area contributed by atoms with E-state index in [1.807, 2.05) is 30.3 Å². The molecule has 0 saturated carbocycles. The molecular weight excluding hydrogens is 382 g/mol. The first-order valence-corrected chi connectivity index (χ1v) is 10.2. The second-order valence-corrected chi connectivity index (χ2v) is 7.58. The molecule has 1 aliphatic rings. The largest absolute Gasteiger partial charge is 0.311 e. The Hall–Kier alpha value is -3.05. The summed E-state index contributed by atoms with van der Waals surface area (Å²) in [7, 11) is 0. The van der Waals surface area contributed by atoms with Gasteiger partial charge >= 0.3 is 0 Å². The van der Waals surface area contributed by atoms with Gasteiger partial charge in [-0.2, -0.15) is 0 Å². The Labute approximate surface area is 175 Å². The molecule has 1 atom stereocenters. The Kier molecular flexibility index (Phi) is 6.19. The minimum atomic E-state index is -0.372. The van der Waals surface area contributed by atoms with E-state index in [4.69, 9.17) is 0 Å². The fraction of sp³-hybridized carbons (Fsp3) is 0.240. The van der Waals surface area contributed by atoms with Gasteiger partial charge in [-0.05, 0) is 53.8 Å². The van der Waals surface area contributed by atoms with Gasteiger partial charge in [0.2, 0.25) is 5.91 Å². The average Bonchev–Trinajstić information content (AvgIpc) is 2.94. The highest BCUT2D eigenvalue weighted by molar-refractivity contribution is 5.96. The summed E-state index contributed by atoms with van der Waals surface area (Å²) in [5.74, 6) is -0.745. The van der Waals surface area contributed by atoms with Crippen molar-refractivity contribution < 1.29 is 13.6 Å². The summed E-state index contributed by atoms with van der Waals surface area (Å²) in [6, 6.07) is 20.9. The number of rotatable bonds is 5. The Balaban J connectivity index is 1.55. The number of hydrogen-bond acceptors (Lipinski definition) is 2. The molecular formula is C25H24F2N2O. The molecule has 30 heavy (non-hydrogen) atoms. The van der Waals surface area contributed by atoms with Crippen molar-refractivity contribution in [1.29, 1.82) is 0 Å². The van der Waals surface area contributed by atoms with Crippen LogP contribution in [0.15, 0.2) is 72.8 Å². The number of carbonyl (C=O) groups is 1. The molecule has 0 aromatic heterocycles. The van der Waals surface area contributed by atoms with Crippen molar-refractivity contribution in [3.05, 3.63) is 101 Å². The third-order valence-electron chi connectivity index (χ3n) is 5.55. The van der Waals surface area contributed by atoms with Crippen LogP contribution in [0.3, 0.4) is 0 Å². The molecule has 0 radical (unpaired) electrons. The maximum absolute atomic E-state index is 14.1. The smallest absolute Gasteiger partial charge is 0.240 e. The standard InChI is InChI=1S/C25H24F2N2O/c26-20-10-8-19(9-11-20)22-7-4-14-29(24-15-21(27)12-13-23(22)24)25(30)17-28-16-18-5-2-1-3-6-18/h1-3,5-6,8-13,15,22,28H,4,7,14,16-17H2. The summed E-state index contributed by atoms with van der Waals surface area (Å²) in [4.78, 5) is 14.7.